The average molecular weight is 409 g/mol. The molecule has 0 saturated carbocycles. The maximum absolute atomic E-state index is 13.1. The molecule has 1 N–H and O–H groups in total. The molecule has 0 unspecified atom stereocenters. The molecule has 1 aliphatic rings. The lowest BCUT2D eigenvalue weighted by atomic mass is 9.92. The van der Waals surface area contributed by atoms with E-state index in [-0.39, 0.29) is 11.8 Å². The van der Waals surface area contributed by atoms with E-state index < -0.39 is 5.41 Å². The fourth-order valence-corrected chi connectivity index (χ4v) is 3.64. The van der Waals surface area contributed by atoms with E-state index in [0.29, 0.717) is 36.1 Å². The van der Waals surface area contributed by atoms with Crippen LogP contribution in [-0.4, -0.2) is 25.0 Å². The molecule has 0 bridgehead atoms. The third-order valence-corrected chi connectivity index (χ3v) is 5.34. The van der Waals surface area contributed by atoms with Gasteiger partial charge in [0.25, 0.3) is 5.91 Å². The molecule has 160 valence electrons. The number of carbonyl (C=O) groups is 2. The SMILES string of the molecule is Cc1cc(C)cc(C(=O)Nc2ccc3c(c2)OCC(C)(C)C(=O)N3CCC(C)C)c1. The number of fused-ring (bicyclic) bond motifs is 1. The fourth-order valence-electron chi connectivity index (χ4n) is 3.64. The van der Waals surface area contributed by atoms with Crippen LogP contribution in [0.3, 0.4) is 0 Å². The predicted molar refractivity (Wildman–Crippen MR) is 121 cm³/mol. The van der Waals surface area contributed by atoms with Crippen molar-refractivity contribution in [1.82, 2.24) is 0 Å². The van der Waals surface area contributed by atoms with E-state index in [9.17, 15) is 9.59 Å². The van der Waals surface area contributed by atoms with Gasteiger partial charge in [0.15, 0.2) is 0 Å². The van der Waals surface area contributed by atoms with Crippen molar-refractivity contribution in [3.63, 3.8) is 0 Å². The van der Waals surface area contributed by atoms with E-state index in [0.717, 1.165) is 23.2 Å². The van der Waals surface area contributed by atoms with E-state index in [1.807, 2.05) is 69.0 Å². The van der Waals surface area contributed by atoms with Gasteiger partial charge in [0.05, 0.1) is 11.1 Å². The van der Waals surface area contributed by atoms with Crippen molar-refractivity contribution in [2.24, 2.45) is 11.3 Å². The molecule has 5 heteroatoms. The molecule has 0 atom stereocenters. The van der Waals surface area contributed by atoms with Crippen molar-refractivity contribution in [2.45, 2.75) is 48.0 Å². The summed E-state index contributed by atoms with van der Waals surface area (Å²) in [6.45, 7) is 13.0. The summed E-state index contributed by atoms with van der Waals surface area (Å²) in [5, 5.41) is 2.96. The third-order valence-electron chi connectivity index (χ3n) is 5.34. The maximum atomic E-state index is 13.1. The van der Waals surface area contributed by atoms with Gasteiger partial charge in [0, 0.05) is 23.9 Å². The molecule has 1 aliphatic heterocycles. The molecule has 2 aromatic carbocycles. The molecule has 3 rings (SSSR count). The lowest BCUT2D eigenvalue weighted by Crippen LogP contribution is -2.42. The Bertz CT molecular complexity index is 943. The summed E-state index contributed by atoms with van der Waals surface area (Å²) in [5.41, 5.74) is 3.51. The minimum atomic E-state index is -0.613. The summed E-state index contributed by atoms with van der Waals surface area (Å²) >= 11 is 0. The normalized spacial score (nSPS) is 15.4. The van der Waals surface area contributed by atoms with Gasteiger partial charge in [-0.05, 0) is 64.3 Å². The second kappa shape index (κ2) is 8.50. The van der Waals surface area contributed by atoms with Crippen LogP contribution in [0, 0.1) is 25.2 Å². The summed E-state index contributed by atoms with van der Waals surface area (Å²) < 4.78 is 6.02. The third kappa shape index (κ3) is 4.84. The molecule has 0 fully saturated rings. The predicted octanol–water partition coefficient (Wildman–Crippen LogP) is 5.35. The standard InChI is InChI=1S/C25H32N2O3/c1-16(2)9-10-27-21-8-7-20(14-22(21)30-15-25(5,6)24(27)29)26-23(28)19-12-17(3)11-18(4)13-19/h7-8,11-14,16H,9-10,15H2,1-6H3,(H,26,28). The van der Waals surface area contributed by atoms with Crippen molar-refractivity contribution >= 4 is 23.2 Å². The van der Waals surface area contributed by atoms with Gasteiger partial charge in [0.1, 0.15) is 12.4 Å². The maximum Gasteiger partial charge on any atom is 0.255 e. The molecule has 2 amide bonds. The minimum absolute atomic E-state index is 0.0638. The van der Waals surface area contributed by atoms with Gasteiger partial charge in [-0.15, -0.1) is 0 Å². The Morgan fingerprint density at radius 3 is 2.43 bits per heavy atom. The van der Waals surface area contributed by atoms with Crippen LogP contribution in [0.4, 0.5) is 11.4 Å². The number of hydrogen-bond acceptors (Lipinski definition) is 3. The fraction of sp³-hybridized carbons (Fsp3) is 0.440. The summed E-state index contributed by atoms with van der Waals surface area (Å²) in [5.74, 6) is 1.01. The van der Waals surface area contributed by atoms with E-state index in [1.54, 1.807) is 0 Å². The topological polar surface area (TPSA) is 58.6 Å². The molecule has 30 heavy (non-hydrogen) atoms. The smallest absolute Gasteiger partial charge is 0.255 e. The first kappa shape index (κ1) is 21.9. The first-order valence-corrected chi connectivity index (χ1v) is 10.6. The van der Waals surface area contributed by atoms with Crippen LogP contribution in [-0.2, 0) is 4.79 Å². The number of aryl methyl sites for hydroxylation is 2. The van der Waals surface area contributed by atoms with Gasteiger partial charge >= 0.3 is 0 Å². The van der Waals surface area contributed by atoms with E-state index in [1.165, 1.54) is 0 Å². The molecule has 0 aromatic heterocycles. The highest BCUT2D eigenvalue weighted by molar-refractivity contribution is 6.05. The highest BCUT2D eigenvalue weighted by Crippen LogP contribution is 2.38. The van der Waals surface area contributed by atoms with Crippen LogP contribution in [0.15, 0.2) is 36.4 Å². The molecule has 0 spiro atoms. The van der Waals surface area contributed by atoms with Crippen LogP contribution in [0.5, 0.6) is 5.75 Å². The number of rotatable bonds is 5. The Kier molecular flexibility index (Phi) is 6.20. The van der Waals surface area contributed by atoms with Crippen molar-refractivity contribution in [1.29, 1.82) is 0 Å². The molecule has 0 aliphatic carbocycles. The highest BCUT2D eigenvalue weighted by Gasteiger charge is 2.37. The number of carbonyl (C=O) groups excluding carboxylic acids is 2. The van der Waals surface area contributed by atoms with Crippen molar-refractivity contribution in [2.75, 3.05) is 23.4 Å². The van der Waals surface area contributed by atoms with Crippen molar-refractivity contribution in [3.05, 3.63) is 53.1 Å². The second-order valence-electron chi connectivity index (χ2n) is 9.32. The van der Waals surface area contributed by atoms with Crippen LogP contribution >= 0.6 is 0 Å². The minimum Gasteiger partial charge on any atom is -0.490 e. The highest BCUT2D eigenvalue weighted by atomic mass is 16.5. The van der Waals surface area contributed by atoms with Crippen molar-refractivity contribution in [3.8, 4) is 5.75 Å². The van der Waals surface area contributed by atoms with Crippen LogP contribution < -0.4 is 15.0 Å². The number of anilines is 2. The van der Waals surface area contributed by atoms with Crippen molar-refractivity contribution < 1.29 is 14.3 Å². The monoisotopic (exact) mass is 408 g/mol. The van der Waals surface area contributed by atoms with Gasteiger partial charge in [0.2, 0.25) is 5.91 Å². The Hall–Kier alpha value is -2.82. The molecule has 5 nitrogen and oxygen atoms in total. The Balaban J connectivity index is 1.89. The van der Waals surface area contributed by atoms with Gasteiger partial charge in [-0.3, -0.25) is 9.59 Å². The number of amides is 2. The first-order valence-electron chi connectivity index (χ1n) is 10.6. The quantitative estimate of drug-likeness (QED) is 0.725. The Labute approximate surface area is 179 Å². The van der Waals surface area contributed by atoms with Crippen LogP contribution in [0.25, 0.3) is 0 Å². The Morgan fingerprint density at radius 1 is 1.13 bits per heavy atom. The van der Waals surface area contributed by atoms with Crippen LogP contribution in [0.2, 0.25) is 0 Å². The van der Waals surface area contributed by atoms with Gasteiger partial charge in [-0.1, -0.05) is 31.0 Å². The number of ether oxygens (including phenoxy) is 1. The lowest BCUT2D eigenvalue weighted by Gasteiger charge is -2.28. The number of nitrogens with one attached hydrogen (secondary N) is 1. The number of hydrogen-bond donors (Lipinski definition) is 1. The van der Waals surface area contributed by atoms with Gasteiger partial charge < -0.3 is 15.0 Å². The van der Waals surface area contributed by atoms with E-state index >= 15 is 0 Å². The number of nitrogens with zero attached hydrogens (tertiary/aromatic N) is 1. The zero-order valence-electron chi connectivity index (χ0n) is 18.8. The largest absolute Gasteiger partial charge is 0.490 e. The molecule has 1 heterocycles. The Morgan fingerprint density at radius 2 is 1.80 bits per heavy atom. The molecule has 2 aromatic rings. The zero-order valence-corrected chi connectivity index (χ0v) is 18.8. The van der Waals surface area contributed by atoms with Gasteiger partial charge in [-0.25, -0.2) is 0 Å². The summed E-state index contributed by atoms with van der Waals surface area (Å²) in [6, 6.07) is 11.3. The molecule has 0 saturated heterocycles. The van der Waals surface area contributed by atoms with E-state index in [2.05, 4.69) is 19.2 Å². The molecule has 0 radical (unpaired) electrons. The van der Waals surface area contributed by atoms with E-state index in [4.69, 9.17) is 4.74 Å². The van der Waals surface area contributed by atoms with Crippen LogP contribution in [0.1, 0.15) is 55.6 Å². The second-order valence-corrected chi connectivity index (χ2v) is 9.32. The number of benzene rings is 2. The lowest BCUT2D eigenvalue weighted by molar-refractivity contribution is -0.127. The zero-order chi connectivity index (χ0) is 22.1. The molecular formula is C25H32N2O3. The average Bonchev–Trinajstić information content (AvgIpc) is 2.74. The van der Waals surface area contributed by atoms with Gasteiger partial charge in [-0.2, -0.15) is 0 Å². The molecular weight excluding hydrogens is 376 g/mol. The summed E-state index contributed by atoms with van der Waals surface area (Å²) in [4.78, 5) is 27.7. The summed E-state index contributed by atoms with van der Waals surface area (Å²) in [6.07, 6.45) is 0.909. The summed E-state index contributed by atoms with van der Waals surface area (Å²) in [7, 11) is 0. The first-order chi connectivity index (χ1) is 14.1.